The molecule has 0 saturated heterocycles. The van der Waals surface area contributed by atoms with Crippen LogP contribution in [0.15, 0.2) is 48.5 Å². The summed E-state index contributed by atoms with van der Waals surface area (Å²) in [5.41, 5.74) is 4.00. The first kappa shape index (κ1) is 23.5. The lowest BCUT2D eigenvalue weighted by molar-refractivity contribution is 0.206. The van der Waals surface area contributed by atoms with Crippen LogP contribution in [0.4, 0.5) is 0 Å². The van der Waals surface area contributed by atoms with Gasteiger partial charge in [0.2, 0.25) is 0 Å². The molecule has 2 atom stereocenters. The Morgan fingerprint density at radius 3 is 1.93 bits per heavy atom. The Bertz CT molecular complexity index is 656. The van der Waals surface area contributed by atoms with Crippen molar-refractivity contribution in [1.29, 1.82) is 0 Å². The number of hydrogen-bond donors (Lipinski definition) is 0. The summed E-state index contributed by atoms with van der Waals surface area (Å²) in [4.78, 5) is 0. The van der Waals surface area contributed by atoms with Crippen LogP contribution in [0.1, 0.15) is 91.0 Å². The van der Waals surface area contributed by atoms with Crippen molar-refractivity contribution in [3.05, 3.63) is 54.1 Å². The van der Waals surface area contributed by atoms with E-state index in [4.69, 9.17) is 4.74 Å². The van der Waals surface area contributed by atoms with Crippen LogP contribution in [0.25, 0.3) is 11.1 Å². The van der Waals surface area contributed by atoms with Gasteiger partial charge in [-0.25, -0.2) is 0 Å². The Labute approximate surface area is 179 Å². The number of aryl methyl sites for hydroxylation is 1. The van der Waals surface area contributed by atoms with Crippen molar-refractivity contribution in [2.24, 2.45) is 5.92 Å². The van der Waals surface area contributed by atoms with Crippen molar-refractivity contribution in [3.8, 4) is 16.9 Å². The van der Waals surface area contributed by atoms with Gasteiger partial charge < -0.3 is 4.74 Å². The fourth-order valence-corrected chi connectivity index (χ4v) is 3.77. The molecule has 0 amide bonds. The number of unbranched alkanes of at least 4 members (excludes halogenated alkanes) is 4. The molecule has 0 aliphatic heterocycles. The minimum absolute atomic E-state index is 0.289. The first-order chi connectivity index (χ1) is 14.1. The molecule has 0 spiro atoms. The van der Waals surface area contributed by atoms with Crippen LogP contribution in [0.2, 0.25) is 0 Å². The quantitative estimate of drug-likeness (QED) is 0.291. The molecule has 0 saturated carbocycles. The van der Waals surface area contributed by atoms with Crippen LogP contribution in [-0.4, -0.2) is 6.10 Å². The Kier molecular flexibility index (Phi) is 10.9. The zero-order valence-electron chi connectivity index (χ0n) is 19.3. The van der Waals surface area contributed by atoms with Crippen LogP contribution in [-0.2, 0) is 6.42 Å². The molecular weight excluding hydrogens is 352 g/mol. The first-order valence-electron chi connectivity index (χ1n) is 12.0. The van der Waals surface area contributed by atoms with Crippen molar-refractivity contribution < 1.29 is 4.74 Å². The highest BCUT2D eigenvalue weighted by Gasteiger charge is 2.05. The molecule has 0 radical (unpaired) electrons. The minimum atomic E-state index is 0.289. The summed E-state index contributed by atoms with van der Waals surface area (Å²) in [6.07, 6.45) is 13.1. The van der Waals surface area contributed by atoms with Crippen molar-refractivity contribution in [2.45, 2.75) is 98.0 Å². The maximum Gasteiger partial charge on any atom is 0.119 e. The SMILES string of the molecule is CCCCCC[C@@H](C)Oc1ccc(-c2ccc(CCCCC(C)CC)cc2)cc1. The molecule has 0 bridgehead atoms. The highest BCUT2D eigenvalue weighted by atomic mass is 16.5. The number of hydrogen-bond acceptors (Lipinski definition) is 1. The standard InChI is InChI=1S/C28H42O/c1-5-7-8-9-13-24(4)29-28-21-19-27(20-22-28)26-17-15-25(16-18-26)14-11-10-12-23(3)6-2/h15-24H,5-14H2,1-4H3/t23?,24-/m1/s1. The monoisotopic (exact) mass is 394 g/mol. The molecule has 0 N–H and O–H groups in total. The van der Waals surface area contributed by atoms with Gasteiger partial charge in [0.05, 0.1) is 6.10 Å². The lowest BCUT2D eigenvalue weighted by atomic mass is 9.98. The van der Waals surface area contributed by atoms with Gasteiger partial charge in [0.25, 0.3) is 0 Å². The Morgan fingerprint density at radius 2 is 1.31 bits per heavy atom. The minimum Gasteiger partial charge on any atom is -0.491 e. The summed E-state index contributed by atoms with van der Waals surface area (Å²) in [5.74, 6) is 1.85. The summed E-state index contributed by atoms with van der Waals surface area (Å²) >= 11 is 0. The second kappa shape index (κ2) is 13.5. The normalized spacial score (nSPS) is 13.2. The van der Waals surface area contributed by atoms with Crippen LogP contribution < -0.4 is 4.74 Å². The second-order valence-corrected chi connectivity index (χ2v) is 8.76. The number of benzene rings is 2. The van der Waals surface area contributed by atoms with Gasteiger partial charge in [0.1, 0.15) is 5.75 Å². The number of rotatable bonds is 14. The average Bonchev–Trinajstić information content (AvgIpc) is 2.75. The van der Waals surface area contributed by atoms with E-state index in [0.29, 0.717) is 0 Å². The summed E-state index contributed by atoms with van der Waals surface area (Å²) in [7, 11) is 0. The first-order valence-corrected chi connectivity index (χ1v) is 12.0. The van der Waals surface area contributed by atoms with Gasteiger partial charge in [-0.3, -0.25) is 0 Å². The maximum absolute atomic E-state index is 6.08. The summed E-state index contributed by atoms with van der Waals surface area (Å²) in [5, 5.41) is 0. The molecule has 2 aromatic carbocycles. The third kappa shape index (κ3) is 9.07. The fourth-order valence-electron chi connectivity index (χ4n) is 3.77. The van der Waals surface area contributed by atoms with Crippen molar-refractivity contribution in [1.82, 2.24) is 0 Å². The van der Waals surface area contributed by atoms with Gasteiger partial charge in [-0.15, -0.1) is 0 Å². The van der Waals surface area contributed by atoms with Crippen LogP contribution in [0.5, 0.6) is 5.75 Å². The van der Waals surface area contributed by atoms with E-state index >= 15 is 0 Å². The summed E-state index contributed by atoms with van der Waals surface area (Å²) < 4.78 is 6.08. The van der Waals surface area contributed by atoms with Crippen LogP contribution >= 0.6 is 0 Å². The topological polar surface area (TPSA) is 9.23 Å². The average molecular weight is 395 g/mol. The molecule has 29 heavy (non-hydrogen) atoms. The molecule has 1 nitrogen and oxygen atoms in total. The molecule has 2 aromatic rings. The zero-order chi connectivity index (χ0) is 20.9. The molecule has 1 heteroatoms. The molecule has 0 aliphatic rings. The highest BCUT2D eigenvalue weighted by Crippen LogP contribution is 2.24. The van der Waals surface area contributed by atoms with Crippen molar-refractivity contribution >= 4 is 0 Å². The van der Waals surface area contributed by atoms with Gasteiger partial charge in [-0.2, -0.15) is 0 Å². The molecule has 0 aliphatic carbocycles. The van der Waals surface area contributed by atoms with Gasteiger partial charge in [0.15, 0.2) is 0 Å². The smallest absolute Gasteiger partial charge is 0.119 e. The van der Waals surface area contributed by atoms with E-state index in [2.05, 4.69) is 76.2 Å². The Hall–Kier alpha value is -1.76. The number of ether oxygens (including phenoxy) is 1. The molecule has 2 rings (SSSR count). The largest absolute Gasteiger partial charge is 0.491 e. The van der Waals surface area contributed by atoms with E-state index in [1.165, 1.54) is 74.5 Å². The maximum atomic E-state index is 6.08. The second-order valence-electron chi connectivity index (χ2n) is 8.76. The van der Waals surface area contributed by atoms with Crippen LogP contribution in [0.3, 0.4) is 0 Å². The van der Waals surface area contributed by atoms with Crippen molar-refractivity contribution in [3.63, 3.8) is 0 Å². The van der Waals surface area contributed by atoms with E-state index < -0.39 is 0 Å². The van der Waals surface area contributed by atoms with E-state index in [9.17, 15) is 0 Å². The van der Waals surface area contributed by atoms with Gasteiger partial charge in [0, 0.05) is 0 Å². The molecule has 1 unspecified atom stereocenters. The highest BCUT2D eigenvalue weighted by molar-refractivity contribution is 5.64. The van der Waals surface area contributed by atoms with E-state index in [1.54, 1.807) is 0 Å². The molecule has 0 heterocycles. The van der Waals surface area contributed by atoms with Gasteiger partial charge >= 0.3 is 0 Å². The van der Waals surface area contributed by atoms with Crippen molar-refractivity contribution in [2.75, 3.05) is 0 Å². The third-order valence-corrected chi connectivity index (χ3v) is 6.05. The molecular formula is C28H42O. The molecule has 0 aromatic heterocycles. The molecule has 160 valence electrons. The summed E-state index contributed by atoms with van der Waals surface area (Å²) in [6.45, 7) is 9.09. The van der Waals surface area contributed by atoms with E-state index in [1.807, 2.05) is 0 Å². The lowest BCUT2D eigenvalue weighted by Crippen LogP contribution is -2.11. The third-order valence-electron chi connectivity index (χ3n) is 6.05. The predicted octanol–water partition coefficient (Wildman–Crippen LogP) is 8.85. The fraction of sp³-hybridized carbons (Fsp3) is 0.571. The van der Waals surface area contributed by atoms with Gasteiger partial charge in [-0.05, 0) is 67.3 Å². The Balaban J connectivity index is 1.78. The predicted molar refractivity (Wildman–Crippen MR) is 128 cm³/mol. The lowest BCUT2D eigenvalue weighted by Gasteiger charge is -2.15. The van der Waals surface area contributed by atoms with Gasteiger partial charge in [-0.1, -0.05) is 95.7 Å². The van der Waals surface area contributed by atoms with E-state index in [0.717, 1.165) is 18.1 Å². The zero-order valence-corrected chi connectivity index (χ0v) is 19.3. The molecule has 0 fully saturated rings. The van der Waals surface area contributed by atoms with E-state index in [-0.39, 0.29) is 6.10 Å². The summed E-state index contributed by atoms with van der Waals surface area (Å²) in [6, 6.07) is 17.7. The van der Waals surface area contributed by atoms with Crippen LogP contribution in [0, 0.1) is 5.92 Å². The Morgan fingerprint density at radius 1 is 0.690 bits per heavy atom.